The second-order valence-electron chi connectivity index (χ2n) is 5.55. The smallest absolute Gasteiger partial charge is 0.356 e. The van der Waals surface area contributed by atoms with E-state index < -0.39 is 0 Å². The Balaban J connectivity index is 1.81. The maximum Gasteiger partial charge on any atom is 0.356 e. The van der Waals surface area contributed by atoms with E-state index in [1.165, 1.54) is 0 Å². The molecule has 1 aliphatic rings. The number of carbonyl (C=O) groups excluding carboxylic acids is 1. The van der Waals surface area contributed by atoms with Crippen molar-refractivity contribution in [2.24, 2.45) is 0 Å². The minimum Gasteiger partial charge on any atom is -0.495 e. The van der Waals surface area contributed by atoms with Crippen LogP contribution in [0.3, 0.4) is 0 Å². The van der Waals surface area contributed by atoms with Crippen LogP contribution in [0, 0.1) is 0 Å². The van der Waals surface area contributed by atoms with Gasteiger partial charge < -0.3 is 14.4 Å². The number of nitrogens with zero attached hydrogens (tertiary/aromatic N) is 2. The summed E-state index contributed by atoms with van der Waals surface area (Å²) in [5, 5.41) is 0.597. The summed E-state index contributed by atoms with van der Waals surface area (Å²) >= 11 is 6.09. The van der Waals surface area contributed by atoms with Crippen LogP contribution in [-0.4, -0.2) is 31.2 Å². The summed E-state index contributed by atoms with van der Waals surface area (Å²) in [5.74, 6) is 0.293. The van der Waals surface area contributed by atoms with E-state index >= 15 is 0 Å². The van der Waals surface area contributed by atoms with Crippen molar-refractivity contribution in [3.05, 3.63) is 52.3 Å². The van der Waals surface area contributed by atoms with E-state index in [1.807, 2.05) is 24.3 Å². The molecule has 2 heterocycles. The minimum atomic E-state index is -0.370. The molecule has 1 aromatic carbocycles. The van der Waals surface area contributed by atoms with Gasteiger partial charge in [0.05, 0.1) is 18.7 Å². The van der Waals surface area contributed by atoms with Gasteiger partial charge in [0.15, 0.2) is 0 Å². The molecular weight excluding hydrogens is 328 g/mol. The Hall–Kier alpha value is -2.27. The standard InChI is InChI=1S/C18H19ClN2O3/c1-3-24-18(22)16-8-12-6-7-21(11-13(12)10-20-16)14-4-5-15(19)17(9-14)23-2/h4-5,8-10H,3,6-7,11H2,1-2H3. The lowest BCUT2D eigenvalue weighted by Gasteiger charge is -2.31. The zero-order valence-corrected chi connectivity index (χ0v) is 14.5. The summed E-state index contributed by atoms with van der Waals surface area (Å²) in [4.78, 5) is 18.3. The van der Waals surface area contributed by atoms with Crippen molar-refractivity contribution in [2.45, 2.75) is 19.9 Å². The Bertz CT molecular complexity index is 764. The second-order valence-corrected chi connectivity index (χ2v) is 5.96. The van der Waals surface area contributed by atoms with Gasteiger partial charge in [0, 0.05) is 31.0 Å². The number of esters is 1. The first-order valence-electron chi connectivity index (χ1n) is 7.85. The summed E-state index contributed by atoms with van der Waals surface area (Å²) in [6.07, 6.45) is 2.61. The third-order valence-electron chi connectivity index (χ3n) is 4.08. The van der Waals surface area contributed by atoms with E-state index in [0.29, 0.717) is 23.1 Å². The number of benzene rings is 1. The number of hydrogen-bond donors (Lipinski definition) is 0. The topological polar surface area (TPSA) is 51.7 Å². The Kier molecular flexibility index (Phi) is 4.90. The highest BCUT2D eigenvalue weighted by Gasteiger charge is 2.20. The number of rotatable bonds is 4. The number of anilines is 1. The maximum atomic E-state index is 11.8. The van der Waals surface area contributed by atoms with Crippen LogP contribution in [0.25, 0.3) is 0 Å². The van der Waals surface area contributed by atoms with Gasteiger partial charge in [-0.2, -0.15) is 0 Å². The Morgan fingerprint density at radius 2 is 2.17 bits per heavy atom. The summed E-state index contributed by atoms with van der Waals surface area (Å²) in [7, 11) is 1.61. The molecule has 126 valence electrons. The highest BCUT2D eigenvalue weighted by Crippen LogP contribution is 2.31. The number of methoxy groups -OCH3 is 1. The second kappa shape index (κ2) is 7.09. The molecule has 6 heteroatoms. The van der Waals surface area contributed by atoms with E-state index in [1.54, 1.807) is 20.2 Å². The largest absolute Gasteiger partial charge is 0.495 e. The first-order valence-corrected chi connectivity index (χ1v) is 8.23. The van der Waals surface area contributed by atoms with Crippen molar-refractivity contribution in [1.29, 1.82) is 0 Å². The molecule has 0 fully saturated rings. The molecule has 0 spiro atoms. The third-order valence-corrected chi connectivity index (χ3v) is 4.39. The van der Waals surface area contributed by atoms with Crippen LogP contribution in [-0.2, 0) is 17.7 Å². The van der Waals surface area contributed by atoms with Crippen LogP contribution in [0.15, 0.2) is 30.5 Å². The first kappa shape index (κ1) is 16.6. The van der Waals surface area contributed by atoms with Crippen LogP contribution in [0.4, 0.5) is 5.69 Å². The highest BCUT2D eigenvalue weighted by atomic mass is 35.5. The normalized spacial score (nSPS) is 13.4. The highest BCUT2D eigenvalue weighted by molar-refractivity contribution is 6.32. The molecule has 0 saturated heterocycles. The number of carbonyl (C=O) groups is 1. The zero-order chi connectivity index (χ0) is 17.1. The van der Waals surface area contributed by atoms with Gasteiger partial charge in [-0.25, -0.2) is 9.78 Å². The third kappa shape index (κ3) is 3.31. The predicted octanol–water partition coefficient (Wildman–Crippen LogP) is 3.48. The zero-order valence-electron chi connectivity index (χ0n) is 13.7. The monoisotopic (exact) mass is 346 g/mol. The quantitative estimate of drug-likeness (QED) is 0.793. The van der Waals surface area contributed by atoms with Crippen LogP contribution in [0.1, 0.15) is 28.5 Å². The fraction of sp³-hybridized carbons (Fsp3) is 0.333. The number of pyridine rings is 1. The lowest BCUT2D eigenvalue weighted by atomic mass is 10.0. The molecule has 0 unspecified atom stereocenters. The molecule has 0 N–H and O–H groups in total. The van der Waals surface area contributed by atoms with E-state index in [-0.39, 0.29) is 5.97 Å². The van der Waals surface area contributed by atoms with Crippen molar-refractivity contribution in [3.8, 4) is 5.75 Å². The lowest BCUT2D eigenvalue weighted by Crippen LogP contribution is -2.30. The van der Waals surface area contributed by atoms with Gasteiger partial charge >= 0.3 is 5.97 Å². The Morgan fingerprint density at radius 3 is 2.92 bits per heavy atom. The van der Waals surface area contributed by atoms with E-state index in [2.05, 4.69) is 9.88 Å². The van der Waals surface area contributed by atoms with Crippen molar-refractivity contribution in [1.82, 2.24) is 4.98 Å². The fourth-order valence-corrected chi connectivity index (χ4v) is 3.02. The van der Waals surface area contributed by atoms with Gasteiger partial charge in [-0.05, 0) is 42.7 Å². The minimum absolute atomic E-state index is 0.351. The number of ether oxygens (including phenoxy) is 2. The number of aromatic nitrogens is 1. The molecule has 0 bridgehead atoms. The van der Waals surface area contributed by atoms with Gasteiger partial charge in [-0.1, -0.05) is 11.6 Å². The van der Waals surface area contributed by atoms with Crippen molar-refractivity contribution >= 4 is 23.3 Å². The molecule has 0 saturated carbocycles. The summed E-state index contributed by atoms with van der Waals surface area (Å²) in [6.45, 7) is 3.72. The summed E-state index contributed by atoms with van der Waals surface area (Å²) in [5.41, 5.74) is 3.68. The number of fused-ring (bicyclic) bond motifs is 1. The van der Waals surface area contributed by atoms with Crippen molar-refractivity contribution in [2.75, 3.05) is 25.2 Å². The molecule has 0 amide bonds. The van der Waals surface area contributed by atoms with Crippen molar-refractivity contribution < 1.29 is 14.3 Å². The molecule has 0 radical (unpaired) electrons. The number of hydrogen-bond acceptors (Lipinski definition) is 5. The average Bonchev–Trinajstić information content (AvgIpc) is 2.61. The molecular formula is C18H19ClN2O3. The lowest BCUT2D eigenvalue weighted by molar-refractivity contribution is 0.0519. The number of halogens is 1. The first-order chi connectivity index (χ1) is 11.6. The molecule has 3 rings (SSSR count). The Morgan fingerprint density at radius 1 is 1.33 bits per heavy atom. The van der Waals surface area contributed by atoms with Gasteiger partial charge in [0.25, 0.3) is 0 Å². The predicted molar refractivity (Wildman–Crippen MR) is 93.0 cm³/mol. The SMILES string of the molecule is CCOC(=O)c1cc2c(cn1)CN(c1ccc(Cl)c(OC)c1)CC2. The molecule has 5 nitrogen and oxygen atoms in total. The van der Waals surface area contributed by atoms with Gasteiger partial charge in [-0.15, -0.1) is 0 Å². The molecule has 1 aliphatic heterocycles. The van der Waals surface area contributed by atoms with Crippen LogP contribution in [0.5, 0.6) is 5.75 Å². The molecule has 1 aromatic heterocycles. The van der Waals surface area contributed by atoms with Crippen LogP contribution >= 0.6 is 11.6 Å². The Labute approximate surface area is 146 Å². The molecule has 2 aromatic rings. The molecule has 0 aliphatic carbocycles. The summed E-state index contributed by atoms with van der Waals surface area (Å²) < 4.78 is 10.3. The van der Waals surface area contributed by atoms with E-state index in [0.717, 1.165) is 36.3 Å². The van der Waals surface area contributed by atoms with Crippen LogP contribution in [0.2, 0.25) is 5.02 Å². The van der Waals surface area contributed by atoms with Gasteiger partial charge in [0.2, 0.25) is 0 Å². The summed E-state index contributed by atoms with van der Waals surface area (Å²) in [6, 6.07) is 7.60. The maximum absolute atomic E-state index is 11.8. The average molecular weight is 347 g/mol. The fourth-order valence-electron chi connectivity index (χ4n) is 2.82. The van der Waals surface area contributed by atoms with Crippen LogP contribution < -0.4 is 9.64 Å². The van der Waals surface area contributed by atoms with Gasteiger partial charge in [-0.3, -0.25) is 0 Å². The van der Waals surface area contributed by atoms with Gasteiger partial charge in [0.1, 0.15) is 11.4 Å². The van der Waals surface area contributed by atoms with Crippen molar-refractivity contribution in [3.63, 3.8) is 0 Å². The van der Waals surface area contributed by atoms with E-state index in [4.69, 9.17) is 21.1 Å². The van der Waals surface area contributed by atoms with E-state index in [9.17, 15) is 4.79 Å². The molecule has 0 atom stereocenters. The molecule has 24 heavy (non-hydrogen) atoms.